The number of halogens is 2. The summed E-state index contributed by atoms with van der Waals surface area (Å²) in [6, 6.07) is 5.31. The van der Waals surface area contributed by atoms with Gasteiger partial charge in [-0.05, 0) is 36.1 Å². The number of hydrogen-bond acceptors (Lipinski definition) is 2. The monoisotopic (exact) mass is 287 g/mol. The standard InChI is InChI=1S/C14H19Cl2NO/c1-10(2)8-17-4-3-14(18,9-17)11-5-12(15)7-13(16)6-11/h5-7,10,18H,3-4,8-9H2,1-2H3. The lowest BCUT2D eigenvalue weighted by Gasteiger charge is -2.25. The highest BCUT2D eigenvalue weighted by Crippen LogP contribution is 2.35. The lowest BCUT2D eigenvalue weighted by molar-refractivity contribution is 0.0449. The van der Waals surface area contributed by atoms with Crippen LogP contribution in [-0.4, -0.2) is 29.6 Å². The van der Waals surface area contributed by atoms with Gasteiger partial charge >= 0.3 is 0 Å². The number of rotatable bonds is 3. The molecule has 18 heavy (non-hydrogen) atoms. The van der Waals surface area contributed by atoms with E-state index in [0.717, 1.165) is 25.1 Å². The lowest BCUT2D eigenvalue weighted by atomic mass is 9.93. The topological polar surface area (TPSA) is 23.5 Å². The van der Waals surface area contributed by atoms with E-state index in [1.165, 1.54) is 0 Å². The fraction of sp³-hybridized carbons (Fsp3) is 0.571. The molecule has 0 amide bonds. The maximum Gasteiger partial charge on any atom is 0.104 e. The summed E-state index contributed by atoms with van der Waals surface area (Å²) in [4.78, 5) is 2.29. The van der Waals surface area contributed by atoms with Crippen LogP contribution in [0.4, 0.5) is 0 Å². The lowest BCUT2D eigenvalue weighted by Crippen LogP contribution is -2.32. The average Bonchev–Trinajstić information content (AvgIpc) is 2.59. The van der Waals surface area contributed by atoms with Crippen molar-refractivity contribution in [2.24, 2.45) is 5.92 Å². The molecule has 2 nitrogen and oxygen atoms in total. The molecule has 1 heterocycles. The summed E-state index contributed by atoms with van der Waals surface area (Å²) in [6.07, 6.45) is 0.733. The van der Waals surface area contributed by atoms with Crippen LogP contribution in [0.2, 0.25) is 10.0 Å². The maximum atomic E-state index is 10.7. The number of nitrogens with zero attached hydrogens (tertiary/aromatic N) is 1. The van der Waals surface area contributed by atoms with E-state index >= 15 is 0 Å². The first kappa shape index (κ1) is 14.1. The molecule has 1 fully saturated rings. The molecule has 0 aromatic heterocycles. The van der Waals surface area contributed by atoms with Gasteiger partial charge in [-0.15, -0.1) is 0 Å². The molecule has 0 aliphatic carbocycles. The van der Waals surface area contributed by atoms with Crippen molar-refractivity contribution in [3.05, 3.63) is 33.8 Å². The highest BCUT2D eigenvalue weighted by Gasteiger charge is 2.37. The summed E-state index contributed by atoms with van der Waals surface area (Å²) in [6.45, 7) is 6.96. The van der Waals surface area contributed by atoms with E-state index in [0.29, 0.717) is 22.5 Å². The SMILES string of the molecule is CC(C)CN1CCC(O)(c2cc(Cl)cc(Cl)c2)C1. The van der Waals surface area contributed by atoms with E-state index < -0.39 is 5.60 Å². The van der Waals surface area contributed by atoms with Crippen molar-refractivity contribution in [2.75, 3.05) is 19.6 Å². The third kappa shape index (κ3) is 3.18. The first-order chi connectivity index (χ1) is 8.39. The maximum absolute atomic E-state index is 10.7. The van der Waals surface area contributed by atoms with Gasteiger partial charge in [-0.1, -0.05) is 37.0 Å². The van der Waals surface area contributed by atoms with Gasteiger partial charge in [0.25, 0.3) is 0 Å². The van der Waals surface area contributed by atoms with Crippen molar-refractivity contribution in [1.29, 1.82) is 0 Å². The fourth-order valence-corrected chi connectivity index (χ4v) is 3.13. The van der Waals surface area contributed by atoms with Crippen LogP contribution < -0.4 is 0 Å². The molecule has 0 spiro atoms. The molecule has 0 saturated carbocycles. The van der Waals surface area contributed by atoms with Crippen LogP contribution in [0.3, 0.4) is 0 Å². The normalized spacial score (nSPS) is 25.0. The Bertz CT molecular complexity index is 416. The van der Waals surface area contributed by atoms with Gasteiger partial charge in [-0.25, -0.2) is 0 Å². The summed E-state index contributed by atoms with van der Waals surface area (Å²) in [5, 5.41) is 11.9. The van der Waals surface area contributed by atoms with Gasteiger partial charge in [0.15, 0.2) is 0 Å². The number of likely N-dealkylation sites (tertiary alicyclic amines) is 1. The molecule has 1 aromatic rings. The molecule has 100 valence electrons. The molecule has 1 aliphatic rings. The number of benzene rings is 1. The highest BCUT2D eigenvalue weighted by molar-refractivity contribution is 6.34. The van der Waals surface area contributed by atoms with E-state index in [4.69, 9.17) is 23.2 Å². The minimum atomic E-state index is -0.816. The molecule has 1 unspecified atom stereocenters. The van der Waals surface area contributed by atoms with Crippen LogP contribution in [0.1, 0.15) is 25.8 Å². The molecular formula is C14H19Cl2NO. The third-order valence-corrected chi connectivity index (χ3v) is 3.79. The highest BCUT2D eigenvalue weighted by atomic mass is 35.5. The zero-order chi connectivity index (χ0) is 13.3. The summed E-state index contributed by atoms with van der Waals surface area (Å²) < 4.78 is 0. The molecule has 1 atom stereocenters. The Morgan fingerprint density at radius 2 is 1.89 bits per heavy atom. The van der Waals surface area contributed by atoms with Gasteiger partial charge in [-0.2, -0.15) is 0 Å². The van der Waals surface area contributed by atoms with Crippen LogP contribution in [0, 0.1) is 5.92 Å². The minimum Gasteiger partial charge on any atom is -0.384 e. The zero-order valence-corrected chi connectivity index (χ0v) is 12.3. The summed E-state index contributed by atoms with van der Waals surface area (Å²) in [5.74, 6) is 0.607. The first-order valence-electron chi connectivity index (χ1n) is 6.30. The van der Waals surface area contributed by atoms with Gasteiger partial charge in [0, 0.05) is 29.7 Å². The van der Waals surface area contributed by atoms with Crippen molar-refractivity contribution in [3.63, 3.8) is 0 Å². The van der Waals surface area contributed by atoms with Crippen molar-refractivity contribution in [2.45, 2.75) is 25.9 Å². The van der Waals surface area contributed by atoms with Crippen LogP contribution >= 0.6 is 23.2 Å². The zero-order valence-electron chi connectivity index (χ0n) is 10.8. The van der Waals surface area contributed by atoms with Gasteiger partial charge in [0.1, 0.15) is 5.60 Å². The number of aliphatic hydroxyl groups is 1. The molecule has 1 saturated heterocycles. The smallest absolute Gasteiger partial charge is 0.104 e. The molecule has 2 rings (SSSR count). The van der Waals surface area contributed by atoms with Crippen molar-refractivity contribution < 1.29 is 5.11 Å². The van der Waals surface area contributed by atoms with Crippen molar-refractivity contribution in [1.82, 2.24) is 4.90 Å². The summed E-state index contributed by atoms with van der Waals surface area (Å²) >= 11 is 12.0. The number of β-amino-alcohol motifs (C(OH)–C–C–N with tert-alkyl or cyclic N) is 1. The quantitative estimate of drug-likeness (QED) is 0.919. The summed E-state index contributed by atoms with van der Waals surface area (Å²) in [7, 11) is 0. The van der Waals surface area contributed by atoms with Crippen LogP contribution in [0.15, 0.2) is 18.2 Å². The van der Waals surface area contributed by atoms with Gasteiger partial charge in [0.05, 0.1) is 0 Å². The van der Waals surface area contributed by atoms with E-state index in [9.17, 15) is 5.11 Å². The van der Waals surface area contributed by atoms with E-state index in [1.54, 1.807) is 6.07 Å². The second-order valence-electron chi connectivity index (χ2n) is 5.57. The van der Waals surface area contributed by atoms with Crippen LogP contribution in [-0.2, 0) is 5.60 Å². The Hall–Kier alpha value is -0.280. The van der Waals surface area contributed by atoms with Crippen molar-refractivity contribution >= 4 is 23.2 Å². The van der Waals surface area contributed by atoms with Gasteiger partial charge in [-0.3, -0.25) is 4.90 Å². The minimum absolute atomic E-state index is 0.577. The van der Waals surface area contributed by atoms with Crippen LogP contribution in [0.25, 0.3) is 0 Å². The summed E-state index contributed by atoms with van der Waals surface area (Å²) in [5.41, 5.74) is 0.00920. The van der Waals surface area contributed by atoms with Crippen LogP contribution in [0.5, 0.6) is 0 Å². The predicted octanol–water partition coefficient (Wildman–Crippen LogP) is 3.54. The molecular weight excluding hydrogens is 269 g/mol. The Balaban J connectivity index is 2.17. The predicted molar refractivity (Wildman–Crippen MR) is 76.3 cm³/mol. The largest absolute Gasteiger partial charge is 0.384 e. The number of hydrogen-bond donors (Lipinski definition) is 1. The third-order valence-electron chi connectivity index (χ3n) is 3.35. The first-order valence-corrected chi connectivity index (χ1v) is 7.06. The van der Waals surface area contributed by atoms with Gasteiger partial charge < -0.3 is 5.11 Å². The molecule has 1 N–H and O–H groups in total. The fourth-order valence-electron chi connectivity index (χ4n) is 2.60. The molecule has 0 bridgehead atoms. The van der Waals surface area contributed by atoms with Crippen molar-refractivity contribution in [3.8, 4) is 0 Å². The Morgan fingerprint density at radius 1 is 1.28 bits per heavy atom. The van der Waals surface area contributed by atoms with E-state index in [2.05, 4.69) is 18.7 Å². The second-order valence-corrected chi connectivity index (χ2v) is 6.44. The molecule has 0 radical (unpaired) electrons. The molecule has 1 aromatic carbocycles. The molecule has 4 heteroatoms. The average molecular weight is 288 g/mol. The van der Waals surface area contributed by atoms with E-state index in [1.807, 2.05) is 12.1 Å². The van der Waals surface area contributed by atoms with E-state index in [-0.39, 0.29) is 0 Å². The Kier molecular flexibility index (Phi) is 4.22. The second kappa shape index (κ2) is 5.38. The van der Waals surface area contributed by atoms with Gasteiger partial charge in [0.2, 0.25) is 0 Å². The Labute approximate surface area is 119 Å². The Morgan fingerprint density at radius 3 is 2.44 bits per heavy atom. The molecule has 1 aliphatic heterocycles.